The summed E-state index contributed by atoms with van der Waals surface area (Å²) in [4.78, 5) is 0. The van der Waals surface area contributed by atoms with E-state index in [1.54, 1.807) is 6.07 Å². The van der Waals surface area contributed by atoms with Gasteiger partial charge in [-0.2, -0.15) is 0 Å². The lowest BCUT2D eigenvalue weighted by atomic mass is 10.1. The molecule has 1 heterocycles. The van der Waals surface area contributed by atoms with Gasteiger partial charge < -0.3 is 0 Å². The lowest BCUT2D eigenvalue weighted by Gasteiger charge is -2.11. The van der Waals surface area contributed by atoms with Crippen LogP contribution in [0, 0.1) is 5.82 Å². The van der Waals surface area contributed by atoms with Crippen molar-refractivity contribution in [1.29, 1.82) is 0 Å². The lowest BCUT2D eigenvalue weighted by molar-refractivity contribution is 0.617. The Morgan fingerprint density at radius 2 is 1.55 bits per heavy atom. The average molecular weight is 404 g/mol. The molecule has 4 aromatic rings. The quantitative estimate of drug-likeness (QED) is 0.363. The Labute approximate surface area is 174 Å². The van der Waals surface area contributed by atoms with Crippen molar-refractivity contribution >= 4 is 11.8 Å². The van der Waals surface area contributed by atoms with Crippen molar-refractivity contribution in [3.8, 4) is 5.69 Å². The monoisotopic (exact) mass is 403 g/mol. The maximum Gasteiger partial charge on any atom is 0.196 e. The van der Waals surface area contributed by atoms with Gasteiger partial charge in [-0.3, -0.25) is 4.57 Å². The molecule has 0 aliphatic heterocycles. The zero-order chi connectivity index (χ0) is 20.1. The van der Waals surface area contributed by atoms with Gasteiger partial charge in [-0.1, -0.05) is 79.3 Å². The van der Waals surface area contributed by atoms with Crippen molar-refractivity contribution in [2.45, 2.75) is 30.7 Å². The third-order valence-corrected chi connectivity index (χ3v) is 5.80. The Kier molecular flexibility index (Phi) is 6.06. The van der Waals surface area contributed by atoms with Gasteiger partial charge in [0.25, 0.3) is 0 Å². The fourth-order valence-corrected chi connectivity index (χ4v) is 4.14. The highest BCUT2D eigenvalue weighted by Crippen LogP contribution is 2.27. The molecule has 1 aromatic heterocycles. The van der Waals surface area contributed by atoms with Gasteiger partial charge in [0.2, 0.25) is 0 Å². The van der Waals surface area contributed by atoms with Crippen molar-refractivity contribution in [1.82, 2.24) is 14.8 Å². The predicted octanol–water partition coefficient (Wildman–Crippen LogP) is 5.85. The van der Waals surface area contributed by atoms with E-state index in [9.17, 15) is 4.39 Å². The van der Waals surface area contributed by atoms with Crippen LogP contribution >= 0.6 is 11.8 Å². The highest BCUT2D eigenvalue weighted by molar-refractivity contribution is 7.98. The molecular weight excluding hydrogens is 381 g/mol. The molecule has 3 nitrogen and oxygen atoms in total. The molecule has 5 heteroatoms. The van der Waals surface area contributed by atoms with E-state index in [1.165, 1.54) is 29.0 Å². The van der Waals surface area contributed by atoms with Gasteiger partial charge >= 0.3 is 0 Å². The molecule has 0 saturated heterocycles. The number of nitrogens with zero attached hydrogens (tertiary/aromatic N) is 3. The molecule has 0 spiro atoms. The summed E-state index contributed by atoms with van der Waals surface area (Å²) < 4.78 is 16.1. The lowest BCUT2D eigenvalue weighted by Crippen LogP contribution is -2.04. The summed E-state index contributed by atoms with van der Waals surface area (Å²) in [6.45, 7) is 2.14. The number of aryl methyl sites for hydroxylation is 1. The van der Waals surface area contributed by atoms with E-state index >= 15 is 0 Å². The number of thioether (sulfide) groups is 1. The van der Waals surface area contributed by atoms with Crippen LogP contribution in [0.1, 0.15) is 29.4 Å². The smallest absolute Gasteiger partial charge is 0.196 e. The maximum absolute atomic E-state index is 14.0. The highest BCUT2D eigenvalue weighted by Gasteiger charge is 2.16. The minimum absolute atomic E-state index is 0.192. The van der Waals surface area contributed by atoms with Crippen LogP contribution < -0.4 is 0 Å². The molecular formula is C24H22FN3S. The van der Waals surface area contributed by atoms with E-state index in [2.05, 4.69) is 58.1 Å². The molecule has 4 rings (SSSR count). The molecule has 0 aliphatic carbocycles. The number of rotatable bonds is 7. The summed E-state index contributed by atoms with van der Waals surface area (Å²) in [6, 6.07) is 25.6. The molecule has 0 N–H and O–H groups in total. The molecule has 3 aromatic carbocycles. The Morgan fingerprint density at radius 1 is 0.828 bits per heavy atom. The molecule has 0 unspecified atom stereocenters. The molecule has 0 aliphatic rings. The van der Waals surface area contributed by atoms with Gasteiger partial charge in [0.05, 0.1) is 0 Å². The molecule has 0 bridgehead atoms. The molecule has 0 fully saturated rings. The zero-order valence-corrected chi connectivity index (χ0v) is 17.1. The van der Waals surface area contributed by atoms with Crippen molar-refractivity contribution in [3.63, 3.8) is 0 Å². The number of hydrogen-bond acceptors (Lipinski definition) is 3. The van der Waals surface area contributed by atoms with Gasteiger partial charge in [-0.15, -0.1) is 10.2 Å². The molecule has 0 radical (unpaired) electrons. The standard InChI is InChI=1S/C24H22FN3S/c1-2-18-12-14-21(15-13-18)28-23(16-19-8-4-3-5-9-19)26-27-24(28)29-17-20-10-6-7-11-22(20)25/h3-15H,2,16-17H2,1H3. The van der Waals surface area contributed by atoms with Crippen LogP contribution in [0.5, 0.6) is 0 Å². The van der Waals surface area contributed by atoms with Crippen LogP contribution in [0.2, 0.25) is 0 Å². The third-order valence-electron chi connectivity index (χ3n) is 4.82. The van der Waals surface area contributed by atoms with Gasteiger partial charge in [0, 0.05) is 17.9 Å². The topological polar surface area (TPSA) is 30.7 Å². The fraction of sp³-hybridized carbons (Fsp3) is 0.167. The van der Waals surface area contributed by atoms with Crippen LogP contribution in [-0.4, -0.2) is 14.8 Å². The highest BCUT2D eigenvalue weighted by atomic mass is 32.2. The van der Waals surface area contributed by atoms with E-state index in [1.807, 2.05) is 30.3 Å². The number of benzene rings is 3. The SMILES string of the molecule is CCc1ccc(-n2c(Cc3ccccc3)nnc2SCc2ccccc2F)cc1. The maximum atomic E-state index is 14.0. The first-order valence-corrected chi connectivity index (χ1v) is 10.7. The number of hydrogen-bond donors (Lipinski definition) is 0. The van der Waals surface area contributed by atoms with Crippen molar-refractivity contribution < 1.29 is 4.39 Å². The first-order valence-electron chi connectivity index (χ1n) is 9.68. The van der Waals surface area contributed by atoms with E-state index in [4.69, 9.17) is 0 Å². The van der Waals surface area contributed by atoms with Gasteiger partial charge in [-0.25, -0.2) is 4.39 Å². The Morgan fingerprint density at radius 3 is 2.28 bits per heavy atom. The van der Waals surface area contributed by atoms with Crippen LogP contribution in [0.3, 0.4) is 0 Å². The largest absolute Gasteiger partial charge is 0.274 e. The summed E-state index contributed by atoms with van der Waals surface area (Å²) in [5.41, 5.74) is 4.15. The van der Waals surface area contributed by atoms with Gasteiger partial charge in [-0.05, 0) is 41.3 Å². The first-order chi connectivity index (χ1) is 14.2. The predicted molar refractivity (Wildman–Crippen MR) is 116 cm³/mol. The zero-order valence-electron chi connectivity index (χ0n) is 16.3. The second kappa shape index (κ2) is 9.05. The number of aromatic nitrogens is 3. The third kappa shape index (κ3) is 4.57. The molecule has 0 amide bonds. The van der Waals surface area contributed by atoms with Gasteiger partial charge in [0.15, 0.2) is 5.16 Å². The van der Waals surface area contributed by atoms with Crippen LogP contribution in [0.4, 0.5) is 4.39 Å². The Bertz CT molecular complexity index is 1070. The Hall–Kier alpha value is -2.92. The average Bonchev–Trinajstić information content (AvgIpc) is 3.16. The van der Waals surface area contributed by atoms with Crippen molar-refractivity contribution in [3.05, 3.63) is 107 Å². The minimum atomic E-state index is -0.192. The summed E-state index contributed by atoms with van der Waals surface area (Å²) in [5, 5.41) is 9.66. The van der Waals surface area contributed by atoms with Crippen molar-refractivity contribution in [2.24, 2.45) is 0 Å². The minimum Gasteiger partial charge on any atom is -0.274 e. The first kappa shape index (κ1) is 19.4. The fourth-order valence-electron chi connectivity index (χ4n) is 3.18. The summed E-state index contributed by atoms with van der Waals surface area (Å²) >= 11 is 1.50. The second-order valence-corrected chi connectivity index (χ2v) is 7.74. The molecule has 29 heavy (non-hydrogen) atoms. The van der Waals surface area contributed by atoms with Crippen LogP contribution in [0.25, 0.3) is 5.69 Å². The molecule has 146 valence electrons. The van der Waals surface area contributed by atoms with Crippen LogP contribution in [0.15, 0.2) is 84.0 Å². The van der Waals surface area contributed by atoms with E-state index in [-0.39, 0.29) is 5.82 Å². The summed E-state index contributed by atoms with van der Waals surface area (Å²) in [5.74, 6) is 1.18. The van der Waals surface area contributed by atoms with Crippen LogP contribution in [-0.2, 0) is 18.6 Å². The van der Waals surface area contributed by atoms with Crippen molar-refractivity contribution in [2.75, 3.05) is 0 Å². The van der Waals surface area contributed by atoms with E-state index in [0.29, 0.717) is 17.7 Å². The Balaban J connectivity index is 1.67. The van der Waals surface area contributed by atoms with E-state index < -0.39 is 0 Å². The summed E-state index contributed by atoms with van der Waals surface area (Å²) in [7, 11) is 0. The normalized spacial score (nSPS) is 11.0. The van der Waals surface area contributed by atoms with E-state index in [0.717, 1.165) is 23.1 Å². The summed E-state index contributed by atoms with van der Waals surface area (Å²) in [6.07, 6.45) is 1.68. The molecule has 0 saturated carbocycles. The molecule has 0 atom stereocenters. The second-order valence-electron chi connectivity index (χ2n) is 6.80. The number of halogens is 1. The van der Waals surface area contributed by atoms with Gasteiger partial charge in [0.1, 0.15) is 11.6 Å².